The second-order valence-electron chi connectivity index (χ2n) is 5.61. The molecule has 1 aromatic carbocycles. The van der Waals surface area contributed by atoms with Gasteiger partial charge in [0.25, 0.3) is 0 Å². The number of ether oxygens (including phenoxy) is 1. The summed E-state index contributed by atoms with van der Waals surface area (Å²) in [5.74, 6) is 2.25. The van der Waals surface area contributed by atoms with Crippen LogP contribution in [0.4, 0.5) is 5.69 Å². The van der Waals surface area contributed by atoms with Crippen molar-refractivity contribution in [3.05, 3.63) is 24.3 Å². The Labute approximate surface area is 117 Å². The Kier molecular flexibility index (Phi) is 6.71. The molecule has 2 N–H and O–H groups in total. The molecule has 0 aliphatic heterocycles. The van der Waals surface area contributed by atoms with Crippen molar-refractivity contribution in [1.29, 1.82) is 0 Å². The SMILES string of the molecule is COc1ccccc1N(C)CCC(CN)CC(C)C. The highest BCUT2D eigenvalue weighted by molar-refractivity contribution is 5.57. The molecule has 0 aliphatic carbocycles. The third-order valence-corrected chi connectivity index (χ3v) is 3.51. The lowest BCUT2D eigenvalue weighted by atomic mass is 9.94. The van der Waals surface area contributed by atoms with Crippen molar-refractivity contribution in [1.82, 2.24) is 0 Å². The highest BCUT2D eigenvalue weighted by atomic mass is 16.5. The molecular formula is C16H28N2O. The average Bonchev–Trinajstić information content (AvgIpc) is 2.42. The lowest BCUT2D eigenvalue weighted by Crippen LogP contribution is -2.25. The molecule has 0 saturated carbocycles. The zero-order valence-corrected chi connectivity index (χ0v) is 12.7. The van der Waals surface area contributed by atoms with Gasteiger partial charge < -0.3 is 15.4 Å². The van der Waals surface area contributed by atoms with Crippen molar-refractivity contribution in [2.75, 3.05) is 32.1 Å². The normalized spacial score (nSPS) is 12.5. The van der Waals surface area contributed by atoms with Gasteiger partial charge in [-0.2, -0.15) is 0 Å². The Bertz CT molecular complexity index is 366. The number of nitrogens with two attached hydrogens (primary N) is 1. The van der Waals surface area contributed by atoms with Crippen LogP contribution in [0.15, 0.2) is 24.3 Å². The maximum Gasteiger partial charge on any atom is 0.142 e. The molecule has 0 aliphatic rings. The summed E-state index contributed by atoms with van der Waals surface area (Å²) >= 11 is 0. The Hall–Kier alpha value is -1.22. The van der Waals surface area contributed by atoms with Crippen molar-refractivity contribution in [3.63, 3.8) is 0 Å². The Balaban J connectivity index is 2.56. The van der Waals surface area contributed by atoms with E-state index in [9.17, 15) is 0 Å². The predicted molar refractivity (Wildman–Crippen MR) is 82.9 cm³/mol. The van der Waals surface area contributed by atoms with E-state index < -0.39 is 0 Å². The first kappa shape index (κ1) is 15.8. The molecule has 1 aromatic rings. The molecule has 0 aromatic heterocycles. The van der Waals surface area contributed by atoms with E-state index >= 15 is 0 Å². The van der Waals surface area contributed by atoms with E-state index in [1.54, 1.807) is 7.11 Å². The summed E-state index contributed by atoms with van der Waals surface area (Å²) in [6, 6.07) is 8.14. The summed E-state index contributed by atoms with van der Waals surface area (Å²) in [5.41, 5.74) is 7.00. The van der Waals surface area contributed by atoms with Gasteiger partial charge in [0.15, 0.2) is 0 Å². The highest BCUT2D eigenvalue weighted by Gasteiger charge is 2.12. The average molecular weight is 264 g/mol. The fraction of sp³-hybridized carbons (Fsp3) is 0.625. The molecule has 0 fully saturated rings. The fourth-order valence-electron chi connectivity index (χ4n) is 2.44. The van der Waals surface area contributed by atoms with Gasteiger partial charge >= 0.3 is 0 Å². The van der Waals surface area contributed by atoms with E-state index in [1.807, 2.05) is 18.2 Å². The Morgan fingerprint density at radius 2 is 1.95 bits per heavy atom. The summed E-state index contributed by atoms with van der Waals surface area (Å²) in [4.78, 5) is 2.25. The first-order valence-corrected chi connectivity index (χ1v) is 7.12. The highest BCUT2D eigenvalue weighted by Crippen LogP contribution is 2.27. The monoisotopic (exact) mass is 264 g/mol. The summed E-state index contributed by atoms with van der Waals surface area (Å²) in [6.45, 7) is 6.30. The number of para-hydroxylation sites is 2. The quantitative estimate of drug-likeness (QED) is 0.784. The molecule has 0 heterocycles. The van der Waals surface area contributed by atoms with Crippen molar-refractivity contribution >= 4 is 5.69 Å². The molecule has 0 amide bonds. The van der Waals surface area contributed by atoms with Crippen molar-refractivity contribution in [3.8, 4) is 5.75 Å². The molecule has 0 bridgehead atoms. The standard InChI is InChI=1S/C16H28N2O/c1-13(2)11-14(12-17)9-10-18(3)15-7-5-6-8-16(15)19-4/h5-8,13-14H,9-12,17H2,1-4H3. The molecular weight excluding hydrogens is 236 g/mol. The summed E-state index contributed by atoms with van der Waals surface area (Å²) in [6.07, 6.45) is 2.33. The fourth-order valence-corrected chi connectivity index (χ4v) is 2.44. The minimum atomic E-state index is 0.608. The minimum Gasteiger partial charge on any atom is -0.495 e. The number of nitrogens with zero attached hydrogens (tertiary/aromatic N) is 1. The van der Waals surface area contributed by atoms with Crippen LogP contribution in [0.1, 0.15) is 26.7 Å². The number of hydrogen-bond donors (Lipinski definition) is 1. The number of rotatable bonds is 8. The van der Waals surface area contributed by atoms with E-state index in [-0.39, 0.29) is 0 Å². The van der Waals surface area contributed by atoms with Gasteiger partial charge in [-0.15, -0.1) is 0 Å². The molecule has 0 saturated heterocycles. The van der Waals surface area contributed by atoms with E-state index in [0.29, 0.717) is 11.8 Å². The smallest absolute Gasteiger partial charge is 0.142 e. The van der Waals surface area contributed by atoms with Crippen LogP contribution >= 0.6 is 0 Å². The second kappa shape index (κ2) is 8.05. The molecule has 108 valence electrons. The van der Waals surface area contributed by atoms with Gasteiger partial charge in [0, 0.05) is 13.6 Å². The first-order valence-electron chi connectivity index (χ1n) is 7.12. The van der Waals surface area contributed by atoms with Crippen LogP contribution in [0.5, 0.6) is 5.75 Å². The van der Waals surface area contributed by atoms with Gasteiger partial charge in [0.2, 0.25) is 0 Å². The van der Waals surface area contributed by atoms with Gasteiger partial charge in [-0.25, -0.2) is 0 Å². The van der Waals surface area contributed by atoms with Gasteiger partial charge in [-0.1, -0.05) is 26.0 Å². The maximum atomic E-state index is 5.86. The molecule has 1 unspecified atom stereocenters. The number of methoxy groups -OCH3 is 1. The Morgan fingerprint density at radius 3 is 2.53 bits per heavy atom. The molecule has 1 rings (SSSR count). The minimum absolute atomic E-state index is 0.608. The van der Waals surface area contributed by atoms with E-state index in [4.69, 9.17) is 10.5 Å². The number of anilines is 1. The summed E-state index contributed by atoms with van der Waals surface area (Å²) in [5, 5.41) is 0. The topological polar surface area (TPSA) is 38.5 Å². The van der Waals surface area contributed by atoms with Crippen LogP contribution in [0.25, 0.3) is 0 Å². The van der Waals surface area contributed by atoms with Crippen LogP contribution in [-0.2, 0) is 0 Å². The van der Waals surface area contributed by atoms with Crippen molar-refractivity contribution < 1.29 is 4.74 Å². The Morgan fingerprint density at radius 1 is 1.26 bits per heavy atom. The summed E-state index contributed by atoms with van der Waals surface area (Å²) < 4.78 is 5.40. The van der Waals surface area contributed by atoms with Crippen molar-refractivity contribution in [2.45, 2.75) is 26.7 Å². The molecule has 3 nitrogen and oxygen atoms in total. The molecule has 0 radical (unpaired) electrons. The molecule has 3 heteroatoms. The lowest BCUT2D eigenvalue weighted by Gasteiger charge is -2.24. The number of hydrogen-bond acceptors (Lipinski definition) is 3. The van der Waals surface area contributed by atoms with Gasteiger partial charge in [0.1, 0.15) is 5.75 Å². The van der Waals surface area contributed by atoms with Crippen LogP contribution in [0, 0.1) is 11.8 Å². The molecule has 1 atom stereocenters. The van der Waals surface area contributed by atoms with Crippen molar-refractivity contribution in [2.24, 2.45) is 17.6 Å². The van der Waals surface area contributed by atoms with Gasteiger partial charge in [-0.05, 0) is 43.4 Å². The zero-order chi connectivity index (χ0) is 14.3. The first-order chi connectivity index (χ1) is 9.08. The second-order valence-corrected chi connectivity index (χ2v) is 5.61. The van der Waals surface area contributed by atoms with E-state index in [0.717, 1.165) is 30.9 Å². The van der Waals surface area contributed by atoms with Gasteiger partial charge in [0.05, 0.1) is 12.8 Å². The van der Waals surface area contributed by atoms with E-state index in [2.05, 4.69) is 31.9 Å². The lowest BCUT2D eigenvalue weighted by molar-refractivity contribution is 0.393. The van der Waals surface area contributed by atoms with Crippen LogP contribution < -0.4 is 15.4 Å². The van der Waals surface area contributed by atoms with E-state index in [1.165, 1.54) is 6.42 Å². The predicted octanol–water partition coefficient (Wildman–Crippen LogP) is 3.14. The third kappa shape index (κ3) is 5.11. The molecule has 0 spiro atoms. The zero-order valence-electron chi connectivity index (χ0n) is 12.7. The number of benzene rings is 1. The van der Waals surface area contributed by atoms with Crippen LogP contribution in [0.3, 0.4) is 0 Å². The van der Waals surface area contributed by atoms with Gasteiger partial charge in [-0.3, -0.25) is 0 Å². The van der Waals surface area contributed by atoms with Crippen LogP contribution in [0.2, 0.25) is 0 Å². The summed E-state index contributed by atoms with van der Waals surface area (Å²) in [7, 11) is 3.83. The largest absolute Gasteiger partial charge is 0.495 e. The third-order valence-electron chi connectivity index (χ3n) is 3.51. The molecule has 19 heavy (non-hydrogen) atoms. The van der Waals surface area contributed by atoms with Crippen LogP contribution in [-0.4, -0.2) is 27.2 Å². The maximum absolute atomic E-state index is 5.86.